The molecule has 8 heteroatoms. The van der Waals surface area contributed by atoms with Gasteiger partial charge >= 0.3 is 0 Å². The molecule has 2 aromatic rings. The van der Waals surface area contributed by atoms with E-state index in [-0.39, 0.29) is 18.3 Å². The highest BCUT2D eigenvalue weighted by molar-refractivity contribution is 6.30. The highest BCUT2D eigenvalue weighted by Gasteiger charge is 2.12. The molecule has 130 valence electrons. The minimum absolute atomic E-state index is 0. The number of aromatic nitrogens is 2. The molecule has 1 saturated heterocycles. The maximum absolute atomic E-state index is 12.2. The molecule has 1 aromatic carbocycles. The number of nitrogens with zero attached hydrogens (tertiary/aromatic N) is 3. The number of hydrogen-bond acceptors (Lipinski definition) is 4. The summed E-state index contributed by atoms with van der Waals surface area (Å²) in [6.07, 6.45) is 3.28. The predicted molar refractivity (Wildman–Crippen MR) is 97.5 cm³/mol. The number of nitrogens with one attached hydrogen (secondary N) is 2. The Morgan fingerprint density at radius 2 is 2.12 bits per heavy atom. The van der Waals surface area contributed by atoms with Crippen LogP contribution in [-0.4, -0.2) is 59.9 Å². The summed E-state index contributed by atoms with van der Waals surface area (Å²) in [6, 6.07) is 7.36. The van der Waals surface area contributed by atoms with Crippen LogP contribution < -0.4 is 10.6 Å². The first-order valence-corrected chi connectivity index (χ1v) is 8.12. The molecule has 1 aliphatic heterocycles. The Bertz CT molecular complexity index is 670. The molecule has 0 radical (unpaired) electrons. The van der Waals surface area contributed by atoms with Crippen molar-refractivity contribution >= 4 is 29.9 Å². The second-order valence-electron chi connectivity index (χ2n) is 5.50. The summed E-state index contributed by atoms with van der Waals surface area (Å²) in [5.74, 6) is -0.103. The summed E-state index contributed by atoms with van der Waals surface area (Å²) >= 11 is 5.98. The molecular weight excluding hydrogens is 349 g/mol. The van der Waals surface area contributed by atoms with Crippen molar-refractivity contribution in [2.75, 3.05) is 39.3 Å². The maximum Gasteiger partial charge on any atom is 0.254 e. The average molecular weight is 370 g/mol. The zero-order chi connectivity index (χ0) is 16.1. The Labute approximate surface area is 152 Å². The van der Waals surface area contributed by atoms with Crippen molar-refractivity contribution in [3.8, 4) is 5.69 Å². The normalized spacial score (nSPS) is 14.9. The summed E-state index contributed by atoms with van der Waals surface area (Å²) in [5, 5.41) is 11.1. The van der Waals surface area contributed by atoms with Gasteiger partial charge in [-0.25, -0.2) is 4.68 Å². The smallest absolute Gasteiger partial charge is 0.254 e. The van der Waals surface area contributed by atoms with Crippen LogP contribution in [0.1, 0.15) is 10.4 Å². The first kappa shape index (κ1) is 18.7. The number of halogens is 2. The third-order valence-corrected chi connectivity index (χ3v) is 4.08. The highest BCUT2D eigenvalue weighted by atomic mass is 35.5. The van der Waals surface area contributed by atoms with Gasteiger partial charge in [-0.3, -0.25) is 9.69 Å². The van der Waals surface area contributed by atoms with Gasteiger partial charge in [-0.2, -0.15) is 5.10 Å². The van der Waals surface area contributed by atoms with E-state index in [1.807, 2.05) is 12.1 Å². The highest BCUT2D eigenvalue weighted by Crippen LogP contribution is 2.14. The van der Waals surface area contributed by atoms with Gasteiger partial charge < -0.3 is 10.6 Å². The summed E-state index contributed by atoms with van der Waals surface area (Å²) in [5.41, 5.74) is 1.38. The van der Waals surface area contributed by atoms with E-state index < -0.39 is 0 Å². The molecule has 1 aromatic heterocycles. The van der Waals surface area contributed by atoms with Gasteiger partial charge in [-0.15, -0.1) is 12.4 Å². The summed E-state index contributed by atoms with van der Waals surface area (Å²) < 4.78 is 1.65. The van der Waals surface area contributed by atoms with Crippen molar-refractivity contribution in [2.24, 2.45) is 0 Å². The lowest BCUT2D eigenvalue weighted by Crippen LogP contribution is -2.46. The first-order chi connectivity index (χ1) is 11.2. The quantitative estimate of drug-likeness (QED) is 0.839. The Balaban J connectivity index is 0.00000208. The largest absolute Gasteiger partial charge is 0.351 e. The fourth-order valence-electron chi connectivity index (χ4n) is 2.56. The van der Waals surface area contributed by atoms with Crippen LogP contribution >= 0.6 is 24.0 Å². The van der Waals surface area contributed by atoms with Crippen LogP contribution in [0.15, 0.2) is 36.7 Å². The lowest BCUT2D eigenvalue weighted by molar-refractivity contribution is 0.0947. The van der Waals surface area contributed by atoms with Crippen LogP contribution in [-0.2, 0) is 0 Å². The third-order valence-electron chi connectivity index (χ3n) is 3.84. The Morgan fingerprint density at radius 1 is 1.33 bits per heavy atom. The fourth-order valence-corrected chi connectivity index (χ4v) is 2.75. The molecule has 3 rings (SSSR count). The van der Waals surface area contributed by atoms with Gasteiger partial charge in [0.25, 0.3) is 5.91 Å². The Morgan fingerprint density at radius 3 is 2.88 bits per heavy atom. The minimum Gasteiger partial charge on any atom is -0.351 e. The molecule has 0 bridgehead atoms. The van der Waals surface area contributed by atoms with Gasteiger partial charge in [-0.1, -0.05) is 17.7 Å². The van der Waals surface area contributed by atoms with Gasteiger partial charge in [-0.05, 0) is 18.2 Å². The topological polar surface area (TPSA) is 62.2 Å². The third kappa shape index (κ3) is 4.95. The van der Waals surface area contributed by atoms with Crippen LogP contribution in [0.4, 0.5) is 0 Å². The van der Waals surface area contributed by atoms with Gasteiger partial charge in [0.1, 0.15) is 0 Å². The number of hydrogen-bond donors (Lipinski definition) is 2. The molecule has 2 N–H and O–H groups in total. The van der Waals surface area contributed by atoms with Crippen molar-refractivity contribution in [2.45, 2.75) is 0 Å². The summed E-state index contributed by atoms with van der Waals surface area (Å²) in [4.78, 5) is 14.5. The van der Waals surface area contributed by atoms with Crippen LogP contribution in [0.25, 0.3) is 5.69 Å². The van der Waals surface area contributed by atoms with Crippen molar-refractivity contribution < 1.29 is 4.79 Å². The van der Waals surface area contributed by atoms with E-state index in [9.17, 15) is 4.79 Å². The molecule has 0 aliphatic carbocycles. The summed E-state index contributed by atoms with van der Waals surface area (Å²) in [7, 11) is 0. The van der Waals surface area contributed by atoms with Crippen LogP contribution in [0.3, 0.4) is 0 Å². The van der Waals surface area contributed by atoms with Crippen molar-refractivity contribution in [3.63, 3.8) is 0 Å². The van der Waals surface area contributed by atoms with E-state index in [1.165, 1.54) is 0 Å². The fraction of sp³-hybridized carbons (Fsp3) is 0.375. The standard InChI is InChI=1S/C16H20ClN5O.ClH/c17-14-2-1-3-15(10-14)22-12-13(11-20-22)16(23)19-6-9-21-7-4-18-5-8-21;/h1-3,10-12,18H,4-9H2,(H,19,23);1H. The molecule has 1 fully saturated rings. The molecule has 6 nitrogen and oxygen atoms in total. The molecule has 1 amide bonds. The molecular formula is C16H21Cl2N5O. The van der Waals surface area contributed by atoms with Gasteiger partial charge in [0.05, 0.1) is 17.4 Å². The molecule has 0 saturated carbocycles. The van der Waals surface area contributed by atoms with E-state index in [2.05, 4.69) is 20.6 Å². The molecule has 0 atom stereocenters. The monoisotopic (exact) mass is 369 g/mol. The van der Waals surface area contributed by atoms with E-state index in [4.69, 9.17) is 11.6 Å². The zero-order valence-electron chi connectivity index (χ0n) is 13.2. The Kier molecular flexibility index (Phi) is 7.05. The number of piperazine rings is 1. The SMILES string of the molecule is Cl.O=C(NCCN1CCNCC1)c1cnn(-c2cccc(Cl)c2)c1. The Hall–Kier alpha value is -1.60. The number of rotatable bonds is 5. The molecule has 0 spiro atoms. The lowest BCUT2D eigenvalue weighted by Gasteiger charge is -2.26. The predicted octanol–water partition coefficient (Wildman–Crippen LogP) is 1.58. The molecule has 1 aliphatic rings. The van der Waals surface area contributed by atoms with Crippen LogP contribution in [0.2, 0.25) is 5.02 Å². The van der Waals surface area contributed by atoms with E-state index in [1.54, 1.807) is 29.2 Å². The van der Waals surface area contributed by atoms with Gasteiger partial charge in [0, 0.05) is 50.5 Å². The second-order valence-corrected chi connectivity index (χ2v) is 5.94. The average Bonchev–Trinajstić information content (AvgIpc) is 3.06. The van der Waals surface area contributed by atoms with Gasteiger partial charge in [0.15, 0.2) is 0 Å². The molecule has 24 heavy (non-hydrogen) atoms. The first-order valence-electron chi connectivity index (χ1n) is 7.74. The minimum atomic E-state index is -0.103. The van der Waals surface area contributed by atoms with Crippen LogP contribution in [0, 0.1) is 0 Å². The second kappa shape index (κ2) is 9.03. The van der Waals surface area contributed by atoms with Gasteiger partial charge in [0.2, 0.25) is 0 Å². The molecule has 0 unspecified atom stereocenters. The van der Waals surface area contributed by atoms with E-state index >= 15 is 0 Å². The van der Waals surface area contributed by atoms with Crippen molar-refractivity contribution in [1.29, 1.82) is 0 Å². The number of benzene rings is 1. The zero-order valence-corrected chi connectivity index (χ0v) is 14.8. The van der Waals surface area contributed by atoms with Crippen molar-refractivity contribution in [1.82, 2.24) is 25.3 Å². The van der Waals surface area contributed by atoms with Crippen LogP contribution in [0.5, 0.6) is 0 Å². The van der Waals surface area contributed by atoms with Crippen molar-refractivity contribution in [3.05, 3.63) is 47.2 Å². The lowest BCUT2D eigenvalue weighted by atomic mass is 10.3. The number of carbonyl (C=O) groups is 1. The summed E-state index contributed by atoms with van der Waals surface area (Å²) in [6.45, 7) is 5.60. The molecule has 2 heterocycles. The van der Waals surface area contributed by atoms with E-state index in [0.717, 1.165) is 38.4 Å². The number of amides is 1. The maximum atomic E-state index is 12.2. The number of carbonyl (C=O) groups excluding carboxylic acids is 1. The van der Waals surface area contributed by atoms with E-state index in [0.29, 0.717) is 17.1 Å².